The van der Waals surface area contributed by atoms with Gasteiger partial charge in [-0.05, 0) is 7.05 Å². The smallest absolute Gasteiger partial charge is 0.183 e. The van der Waals surface area contributed by atoms with E-state index >= 15 is 0 Å². The van der Waals surface area contributed by atoms with Gasteiger partial charge in [-0.15, -0.1) is 0 Å². The Labute approximate surface area is 81.9 Å². The van der Waals surface area contributed by atoms with Crippen molar-refractivity contribution in [1.82, 2.24) is 15.1 Å². The second kappa shape index (κ2) is 4.39. The highest BCUT2D eigenvalue weighted by atomic mass is 35.5. The van der Waals surface area contributed by atoms with Crippen molar-refractivity contribution in [2.24, 2.45) is 7.05 Å². The largest absolute Gasteiger partial charge is 0.319 e. The number of carbonyl (C=O) groups excluding carboxylic acids is 1. The van der Waals surface area contributed by atoms with Crippen LogP contribution < -0.4 is 5.32 Å². The number of nitrogens with zero attached hydrogens (tertiary/aromatic N) is 2. The maximum atomic E-state index is 11.5. The van der Waals surface area contributed by atoms with Gasteiger partial charge in [-0.1, -0.05) is 11.6 Å². The van der Waals surface area contributed by atoms with Crippen molar-refractivity contribution in [1.29, 1.82) is 0 Å². The Bertz CT molecular complexity index is 289. The minimum Gasteiger partial charge on any atom is -0.319 e. The third kappa shape index (κ3) is 2.29. The lowest BCUT2D eigenvalue weighted by molar-refractivity contribution is 0.0974. The molecule has 0 aromatic carbocycles. The molecular weight excluding hydrogens is 190 g/mol. The Morgan fingerprint density at radius 3 is 2.92 bits per heavy atom. The van der Waals surface area contributed by atoms with Gasteiger partial charge in [0.25, 0.3) is 0 Å². The summed E-state index contributed by atoms with van der Waals surface area (Å²) in [6, 6.07) is 0. The van der Waals surface area contributed by atoms with E-state index in [1.807, 2.05) is 0 Å². The van der Waals surface area contributed by atoms with E-state index in [1.165, 1.54) is 10.9 Å². The average molecular weight is 202 g/mol. The lowest BCUT2D eigenvalue weighted by atomic mass is 10.2. The first-order valence-corrected chi connectivity index (χ1v) is 4.40. The molecular formula is C8H12ClN3O. The van der Waals surface area contributed by atoms with Gasteiger partial charge in [-0.2, -0.15) is 5.10 Å². The molecule has 1 aromatic heterocycles. The maximum absolute atomic E-state index is 11.5. The van der Waals surface area contributed by atoms with Gasteiger partial charge >= 0.3 is 0 Å². The van der Waals surface area contributed by atoms with Crippen molar-refractivity contribution in [3.63, 3.8) is 0 Å². The fourth-order valence-corrected chi connectivity index (χ4v) is 1.35. The van der Waals surface area contributed by atoms with Gasteiger partial charge in [-0.25, -0.2) is 0 Å². The molecule has 0 radical (unpaired) electrons. The molecule has 13 heavy (non-hydrogen) atoms. The topological polar surface area (TPSA) is 46.9 Å². The van der Waals surface area contributed by atoms with Crippen molar-refractivity contribution < 1.29 is 4.79 Å². The third-order valence-electron chi connectivity index (χ3n) is 1.76. The van der Waals surface area contributed by atoms with Gasteiger partial charge in [-0.3, -0.25) is 9.48 Å². The lowest BCUT2D eigenvalue weighted by Gasteiger charge is -2.01. The highest BCUT2D eigenvalue weighted by molar-refractivity contribution is 6.33. The third-order valence-corrected chi connectivity index (χ3v) is 2.04. The Balaban J connectivity index is 2.76. The predicted molar refractivity (Wildman–Crippen MR) is 51.1 cm³/mol. The van der Waals surface area contributed by atoms with Gasteiger partial charge in [0.15, 0.2) is 5.78 Å². The number of ketones is 1. The molecule has 72 valence electrons. The summed E-state index contributed by atoms with van der Waals surface area (Å²) in [6.45, 7) is 0.653. The number of carbonyl (C=O) groups is 1. The van der Waals surface area contributed by atoms with Crippen LogP contribution in [0.25, 0.3) is 0 Å². The van der Waals surface area contributed by atoms with Crippen LogP contribution in [0.1, 0.15) is 16.9 Å². The van der Waals surface area contributed by atoms with Gasteiger partial charge < -0.3 is 5.32 Å². The fraction of sp³-hybridized carbons (Fsp3) is 0.500. The summed E-state index contributed by atoms with van der Waals surface area (Å²) in [5, 5.41) is 7.21. The molecule has 5 heteroatoms. The molecule has 1 rings (SSSR count). The highest BCUT2D eigenvalue weighted by Gasteiger charge is 2.14. The standard InChI is InChI=1S/C8H12ClN3O/c1-10-4-3-7(13)8-6(9)5-11-12(8)2/h5,10H,3-4H2,1-2H3. The summed E-state index contributed by atoms with van der Waals surface area (Å²) >= 11 is 5.79. The van der Waals surface area contributed by atoms with E-state index in [1.54, 1.807) is 14.1 Å². The van der Waals surface area contributed by atoms with Crippen molar-refractivity contribution in [3.05, 3.63) is 16.9 Å². The second-order valence-corrected chi connectivity index (χ2v) is 3.15. The Hall–Kier alpha value is -0.870. The highest BCUT2D eigenvalue weighted by Crippen LogP contribution is 2.15. The summed E-state index contributed by atoms with van der Waals surface area (Å²) in [5.41, 5.74) is 0.483. The molecule has 0 aliphatic carbocycles. The molecule has 0 aliphatic heterocycles. The number of aromatic nitrogens is 2. The van der Waals surface area contributed by atoms with Crippen LogP contribution in [0.4, 0.5) is 0 Å². The van der Waals surface area contributed by atoms with Crippen LogP contribution in [0.5, 0.6) is 0 Å². The van der Waals surface area contributed by atoms with Crippen LogP contribution in [-0.4, -0.2) is 29.2 Å². The van der Waals surface area contributed by atoms with Crippen molar-refractivity contribution >= 4 is 17.4 Å². The summed E-state index contributed by atoms with van der Waals surface area (Å²) in [5.74, 6) is 0.0133. The molecule has 0 amide bonds. The van der Waals surface area contributed by atoms with E-state index < -0.39 is 0 Å². The second-order valence-electron chi connectivity index (χ2n) is 2.74. The van der Waals surface area contributed by atoms with Crippen molar-refractivity contribution in [2.75, 3.05) is 13.6 Å². The first-order chi connectivity index (χ1) is 6.16. The summed E-state index contributed by atoms with van der Waals surface area (Å²) in [6.07, 6.45) is 1.92. The van der Waals surface area contributed by atoms with Crippen LogP contribution >= 0.6 is 11.6 Å². The zero-order valence-electron chi connectivity index (χ0n) is 7.67. The molecule has 0 saturated carbocycles. The van der Waals surface area contributed by atoms with E-state index in [0.717, 1.165) is 0 Å². The van der Waals surface area contributed by atoms with Crippen LogP contribution in [0, 0.1) is 0 Å². The van der Waals surface area contributed by atoms with E-state index in [-0.39, 0.29) is 5.78 Å². The van der Waals surface area contributed by atoms with Crippen LogP contribution in [0.15, 0.2) is 6.20 Å². The normalized spacial score (nSPS) is 10.4. The quantitative estimate of drug-likeness (QED) is 0.736. The number of rotatable bonds is 4. The SMILES string of the molecule is CNCCC(=O)c1c(Cl)cnn1C. The minimum absolute atomic E-state index is 0.0133. The summed E-state index contributed by atoms with van der Waals surface area (Å²) in [7, 11) is 3.51. The summed E-state index contributed by atoms with van der Waals surface area (Å²) < 4.78 is 1.50. The van der Waals surface area contributed by atoms with E-state index in [2.05, 4.69) is 10.4 Å². The van der Waals surface area contributed by atoms with Crippen LogP contribution in [0.3, 0.4) is 0 Å². The Kier molecular flexibility index (Phi) is 3.45. The predicted octanol–water partition coefficient (Wildman–Crippen LogP) is 0.866. The van der Waals surface area contributed by atoms with Gasteiger partial charge in [0, 0.05) is 20.0 Å². The number of hydrogen-bond acceptors (Lipinski definition) is 3. The molecule has 1 heterocycles. The zero-order chi connectivity index (χ0) is 9.84. The maximum Gasteiger partial charge on any atom is 0.183 e. The van der Waals surface area contributed by atoms with Crippen molar-refractivity contribution in [2.45, 2.75) is 6.42 Å². The summed E-state index contributed by atoms with van der Waals surface area (Å²) in [4.78, 5) is 11.5. The average Bonchev–Trinajstić information content (AvgIpc) is 2.42. The molecule has 0 saturated heterocycles. The molecule has 0 spiro atoms. The molecule has 1 aromatic rings. The molecule has 0 aliphatic rings. The zero-order valence-corrected chi connectivity index (χ0v) is 8.43. The van der Waals surface area contributed by atoms with Gasteiger partial charge in [0.05, 0.1) is 11.2 Å². The van der Waals surface area contributed by atoms with Gasteiger partial charge in [0.2, 0.25) is 0 Å². The van der Waals surface area contributed by atoms with Crippen molar-refractivity contribution in [3.8, 4) is 0 Å². The van der Waals surface area contributed by atoms with E-state index in [4.69, 9.17) is 11.6 Å². The number of hydrogen-bond donors (Lipinski definition) is 1. The van der Waals surface area contributed by atoms with Gasteiger partial charge in [0.1, 0.15) is 5.69 Å². The van der Waals surface area contributed by atoms with E-state index in [9.17, 15) is 4.79 Å². The Morgan fingerprint density at radius 1 is 1.77 bits per heavy atom. The van der Waals surface area contributed by atoms with Crippen LogP contribution in [0.2, 0.25) is 5.02 Å². The number of aryl methyl sites for hydroxylation is 1. The molecule has 0 atom stereocenters. The fourth-order valence-electron chi connectivity index (χ4n) is 1.08. The Morgan fingerprint density at radius 2 is 2.46 bits per heavy atom. The molecule has 4 nitrogen and oxygen atoms in total. The van der Waals surface area contributed by atoms with E-state index in [0.29, 0.717) is 23.7 Å². The number of nitrogens with one attached hydrogen (secondary N) is 1. The number of Topliss-reactive ketones (excluding diaryl/α,β-unsaturated/α-hetero) is 1. The first kappa shape index (κ1) is 10.2. The monoisotopic (exact) mass is 201 g/mol. The number of halogens is 1. The molecule has 1 N–H and O–H groups in total. The molecule has 0 unspecified atom stereocenters. The minimum atomic E-state index is 0.0133. The molecule has 0 bridgehead atoms. The first-order valence-electron chi connectivity index (χ1n) is 4.02. The molecule has 0 fully saturated rings. The van der Waals surface area contributed by atoms with Crippen LogP contribution in [-0.2, 0) is 7.05 Å². The lowest BCUT2D eigenvalue weighted by Crippen LogP contribution is -2.15.